The summed E-state index contributed by atoms with van der Waals surface area (Å²) in [6.45, 7) is 9.23. The van der Waals surface area contributed by atoms with E-state index in [1.54, 1.807) is 9.80 Å². The van der Waals surface area contributed by atoms with Crippen LogP contribution in [-0.4, -0.2) is 64.3 Å². The fraction of sp³-hybridized carbons (Fsp3) is 0.867. The van der Waals surface area contributed by atoms with E-state index < -0.39 is 11.7 Å². The number of carbonyl (C=O) groups is 2. The highest BCUT2D eigenvalue weighted by molar-refractivity contribution is 5.83. The van der Waals surface area contributed by atoms with Crippen molar-refractivity contribution in [2.45, 2.75) is 58.3 Å². The lowest BCUT2D eigenvalue weighted by Gasteiger charge is -2.37. The highest BCUT2D eigenvalue weighted by atomic mass is 16.6. The van der Waals surface area contributed by atoms with Gasteiger partial charge in [-0.2, -0.15) is 0 Å². The van der Waals surface area contributed by atoms with Gasteiger partial charge in [-0.15, -0.1) is 0 Å². The van der Waals surface area contributed by atoms with Gasteiger partial charge in [0.2, 0.25) is 0 Å². The number of aliphatic hydroxyl groups is 1. The molecule has 0 unspecified atom stereocenters. The number of hydrogen-bond acceptors (Lipinski definition) is 4. The van der Waals surface area contributed by atoms with Crippen LogP contribution in [0.2, 0.25) is 0 Å². The summed E-state index contributed by atoms with van der Waals surface area (Å²) < 4.78 is 5.36. The molecule has 0 aromatic rings. The Morgan fingerprint density at radius 3 is 2.29 bits per heavy atom. The smallest absolute Gasteiger partial charge is 0.410 e. The van der Waals surface area contributed by atoms with E-state index in [0.717, 1.165) is 12.8 Å². The third-order valence-electron chi connectivity index (χ3n) is 4.12. The average molecular weight is 298 g/mol. The molecular weight excluding hydrogens is 272 g/mol. The van der Waals surface area contributed by atoms with Gasteiger partial charge in [0.25, 0.3) is 5.91 Å². The summed E-state index contributed by atoms with van der Waals surface area (Å²) in [6, 6.07) is 0.121. The van der Waals surface area contributed by atoms with Crippen LogP contribution in [0.4, 0.5) is 4.79 Å². The number of aliphatic hydroxyl groups excluding tert-OH is 1. The maximum atomic E-state index is 12.0. The standard InChI is InChI=1S/C15H26N2O4/c1-10-9-17(13(19)12(10)18)11-5-7-16(8-6-11)14(20)21-15(2,3)4/h10-12,18H,5-9H2,1-4H3/t10-,12+/m0/s1. The summed E-state index contributed by atoms with van der Waals surface area (Å²) in [4.78, 5) is 27.5. The predicted molar refractivity (Wildman–Crippen MR) is 77.7 cm³/mol. The first-order chi connectivity index (χ1) is 9.69. The monoisotopic (exact) mass is 298 g/mol. The molecule has 120 valence electrons. The van der Waals surface area contributed by atoms with Gasteiger partial charge in [-0.25, -0.2) is 4.79 Å². The Bertz CT molecular complexity index is 410. The van der Waals surface area contributed by atoms with E-state index in [2.05, 4.69) is 0 Å². The molecule has 0 spiro atoms. The van der Waals surface area contributed by atoms with E-state index in [9.17, 15) is 14.7 Å². The first-order valence-electron chi connectivity index (χ1n) is 7.65. The Morgan fingerprint density at radius 2 is 1.86 bits per heavy atom. The molecule has 2 atom stereocenters. The number of amides is 2. The second-order valence-electron chi connectivity index (χ2n) is 7.11. The maximum Gasteiger partial charge on any atom is 0.410 e. The first-order valence-corrected chi connectivity index (χ1v) is 7.65. The van der Waals surface area contributed by atoms with E-state index in [1.807, 2.05) is 27.7 Å². The number of ether oxygens (including phenoxy) is 1. The lowest BCUT2D eigenvalue weighted by atomic mass is 10.0. The van der Waals surface area contributed by atoms with Crippen molar-refractivity contribution >= 4 is 12.0 Å². The molecular formula is C15H26N2O4. The predicted octanol–water partition coefficient (Wildman–Crippen LogP) is 1.23. The van der Waals surface area contributed by atoms with E-state index in [0.29, 0.717) is 19.6 Å². The molecule has 2 aliphatic rings. The van der Waals surface area contributed by atoms with Crippen LogP contribution in [0, 0.1) is 5.92 Å². The van der Waals surface area contributed by atoms with E-state index >= 15 is 0 Å². The van der Waals surface area contributed by atoms with Crippen molar-refractivity contribution in [3.63, 3.8) is 0 Å². The van der Waals surface area contributed by atoms with Crippen LogP contribution < -0.4 is 0 Å². The van der Waals surface area contributed by atoms with Crippen LogP contribution in [0.1, 0.15) is 40.5 Å². The molecule has 1 N–H and O–H groups in total. The number of hydrogen-bond donors (Lipinski definition) is 1. The molecule has 21 heavy (non-hydrogen) atoms. The summed E-state index contributed by atoms with van der Waals surface area (Å²) in [6.07, 6.45) is 0.325. The number of piperidine rings is 1. The van der Waals surface area contributed by atoms with Crippen molar-refractivity contribution in [2.75, 3.05) is 19.6 Å². The van der Waals surface area contributed by atoms with Gasteiger partial charge in [0.1, 0.15) is 11.7 Å². The fourth-order valence-corrected chi connectivity index (χ4v) is 2.93. The number of rotatable bonds is 1. The summed E-state index contributed by atoms with van der Waals surface area (Å²) in [7, 11) is 0. The zero-order chi connectivity index (χ0) is 15.8. The van der Waals surface area contributed by atoms with Crippen LogP contribution in [-0.2, 0) is 9.53 Å². The van der Waals surface area contributed by atoms with Crippen molar-refractivity contribution in [3.8, 4) is 0 Å². The normalized spacial score (nSPS) is 28.1. The van der Waals surface area contributed by atoms with E-state index in [-0.39, 0.29) is 24.0 Å². The lowest BCUT2D eigenvalue weighted by molar-refractivity contribution is -0.137. The molecule has 0 aromatic heterocycles. The SMILES string of the molecule is C[C@H]1CN(C2CCN(C(=O)OC(C)(C)C)CC2)C(=O)[C@@H]1O. The maximum absolute atomic E-state index is 12.0. The highest BCUT2D eigenvalue weighted by Crippen LogP contribution is 2.26. The molecule has 0 bridgehead atoms. The molecule has 2 heterocycles. The van der Waals surface area contributed by atoms with Crippen molar-refractivity contribution in [3.05, 3.63) is 0 Å². The average Bonchev–Trinajstić information content (AvgIpc) is 2.65. The molecule has 0 radical (unpaired) electrons. The minimum absolute atomic E-state index is 0.0126. The van der Waals surface area contributed by atoms with Gasteiger partial charge in [0.15, 0.2) is 0 Å². The fourth-order valence-electron chi connectivity index (χ4n) is 2.93. The van der Waals surface area contributed by atoms with E-state index in [4.69, 9.17) is 4.74 Å². The Morgan fingerprint density at radius 1 is 1.29 bits per heavy atom. The Labute approximate surface area is 126 Å². The number of nitrogens with zero attached hydrogens (tertiary/aromatic N) is 2. The second-order valence-corrected chi connectivity index (χ2v) is 7.11. The highest BCUT2D eigenvalue weighted by Gasteiger charge is 2.41. The molecule has 0 aromatic carbocycles. The van der Waals surface area contributed by atoms with Gasteiger partial charge in [-0.05, 0) is 33.6 Å². The van der Waals surface area contributed by atoms with Crippen molar-refractivity contribution < 1.29 is 19.4 Å². The lowest BCUT2D eigenvalue weighted by Crippen LogP contribution is -2.48. The van der Waals surface area contributed by atoms with Crippen LogP contribution in [0.25, 0.3) is 0 Å². The molecule has 0 saturated carbocycles. The summed E-state index contributed by atoms with van der Waals surface area (Å²) >= 11 is 0. The van der Waals surface area contributed by atoms with Gasteiger partial charge < -0.3 is 19.6 Å². The number of carbonyl (C=O) groups excluding carboxylic acids is 2. The van der Waals surface area contributed by atoms with Crippen molar-refractivity contribution in [1.82, 2.24) is 9.80 Å². The number of likely N-dealkylation sites (tertiary alicyclic amines) is 2. The third kappa shape index (κ3) is 3.67. The molecule has 2 amide bonds. The Balaban J connectivity index is 1.86. The first kappa shape index (κ1) is 16.1. The quantitative estimate of drug-likeness (QED) is 0.790. The van der Waals surface area contributed by atoms with Crippen LogP contribution >= 0.6 is 0 Å². The summed E-state index contributed by atoms with van der Waals surface area (Å²) in [5, 5.41) is 9.76. The van der Waals surface area contributed by atoms with Gasteiger partial charge in [0, 0.05) is 31.6 Å². The topological polar surface area (TPSA) is 70.1 Å². The molecule has 2 saturated heterocycles. The summed E-state index contributed by atoms with van der Waals surface area (Å²) in [5.41, 5.74) is -0.488. The molecule has 6 nitrogen and oxygen atoms in total. The second kappa shape index (κ2) is 5.83. The zero-order valence-corrected chi connectivity index (χ0v) is 13.3. The zero-order valence-electron chi connectivity index (χ0n) is 13.3. The van der Waals surface area contributed by atoms with Gasteiger partial charge in [0.05, 0.1) is 0 Å². The summed E-state index contributed by atoms with van der Waals surface area (Å²) in [5.74, 6) is -0.181. The van der Waals surface area contributed by atoms with E-state index in [1.165, 1.54) is 0 Å². The van der Waals surface area contributed by atoms with Crippen LogP contribution in [0.5, 0.6) is 0 Å². The van der Waals surface area contributed by atoms with Crippen molar-refractivity contribution in [1.29, 1.82) is 0 Å². The van der Waals surface area contributed by atoms with Crippen LogP contribution in [0.15, 0.2) is 0 Å². The molecule has 2 aliphatic heterocycles. The largest absolute Gasteiger partial charge is 0.444 e. The van der Waals surface area contributed by atoms with Gasteiger partial charge in [-0.3, -0.25) is 4.79 Å². The molecule has 2 rings (SSSR count). The van der Waals surface area contributed by atoms with Crippen molar-refractivity contribution in [2.24, 2.45) is 5.92 Å². The molecule has 6 heteroatoms. The minimum atomic E-state index is -0.867. The minimum Gasteiger partial charge on any atom is -0.444 e. The van der Waals surface area contributed by atoms with Gasteiger partial charge in [-0.1, -0.05) is 6.92 Å². The molecule has 0 aliphatic carbocycles. The Hall–Kier alpha value is -1.30. The molecule has 2 fully saturated rings. The van der Waals surface area contributed by atoms with Gasteiger partial charge >= 0.3 is 6.09 Å². The Kier molecular flexibility index (Phi) is 4.46. The third-order valence-corrected chi connectivity index (χ3v) is 4.12. The van der Waals surface area contributed by atoms with Crippen LogP contribution in [0.3, 0.4) is 0 Å².